The molecule has 19 heavy (non-hydrogen) atoms. The summed E-state index contributed by atoms with van der Waals surface area (Å²) in [6.07, 6.45) is 6.34. The molecule has 2 N–H and O–H groups in total. The number of pyridine rings is 1. The lowest BCUT2D eigenvalue weighted by Gasteiger charge is -2.26. The van der Waals surface area contributed by atoms with E-state index in [1.807, 2.05) is 24.5 Å². The van der Waals surface area contributed by atoms with Crippen LogP contribution in [0.2, 0.25) is 0 Å². The molecular formula is C16H19N3. The highest BCUT2D eigenvalue weighted by atomic mass is 15.2. The number of hydrogen-bond acceptors (Lipinski definition) is 3. The summed E-state index contributed by atoms with van der Waals surface area (Å²) in [6, 6.07) is 10.9. The molecule has 0 atom stereocenters. The molecule has 1 aromatic heterocycles. The summed E-state index contributed by atoms with van der Waals surface area (Å²) >= 11 is 0. The molecule has 1 aliphatic rings. The van der Waals surface area contributed by atoms with Crippen molar-refractivity contribution < 1.29 is 0 Å². The molecule has 3 heteroatoms. The molecule has 0 saturated heterocycles. The SMILES string of the molecule is Cc1cnccc1N(Cc1ccccc1N)C1CC1. The van der Waals surface area contributed by atoms with Gasteiger partial charge in [-0.15, -0.1) is 0 Å². The minimum atomic E-state index is 0.653. The Balaban J connectivity index is 1.91. The minimum Gasteiger partial charge on any atom is -0.398 e. The summed E-state index contributed by atoms with van der Waals surface area (Å²) in [7, 11) is 0. The fraction of sp³-hybridized carbons (Fsp3) is 0.312. The topological polar surface area (TPSA) is 42.2 Å². The molecule has 3 rings (SSSR count). The summed E-state index contributed by atoms with van der Waals surface area (Å²) in [5.74, 6) is 0. The van der Waals surface area contributed by atoms with Crippen molar-refractivity contribution in [2.75, 3.05) is 10.6 Å². The maximum atomic E-state index is 6.07. The monoisotopic (exact) mass is 253 g/mol. The molecule has 1 aromatic carbocycles. The van der Waals surface area contributed by atoms with Crippen molar-refractivity contribution in [3.63, 3.8) is 0 Å². The summed E-state index contributed by atoms with van der Waals surface area (Å²) in [5, 5.41) is 0. The van der Waals surface area contributed by atoms with Crippen LogP contribution >= 0.6 is 0 Å². The molecule has 1 heterocycles. The van der Waals surface area contributed by atoms with Crippen LogP contribution in [0.1, 0.15) is 24.0 Å². The Morgan fingerprint density at radius 2 is 2.05 bits per heavy atom. The maximum absolute atomic E-state index is 6.07. The third-order valence-corrected chi connectivity index (χ3v) is 3.68. The Kier molecular flexibility index (Phi) is 3.11. The number of hydrogen-bond donors (Lipinski definition) is 1. The molecule has 0 unspecified atom stereocenters. The highest BCUT2D eigenvalue weighted by Gasteiger charge is 2.30. The average molecular weight is 253 g/mol. The van der Waals surface area contributed by atoms with E-state index in [-0.39, 0.29) is 0 Å². The second-order valence-electron chi connectivity index (χ2n) is 5.22. The lowest BCUT2D eigenvalue weighted by molar-refractivity contribution is 0.791. The maximum Gasteiger partial charge on any atom is 0.0453 e. The van der Waals surface area contributed by atoms with Crippen molar-refractivity contribution >= 4 is 11.4 Å². The normalized spacial score (nSPS) is 14.4. The molecule has 0 amide bonds. The van der Waals surface area contributed by atoms with E-state index in [0.717, 1.165) is 12.2 Å². The number of nitrogen functional groups attached to an aromatic ring is 1. The average Bonchev–Trinajstić information content (AvgIpc) is 3.23. The first-order chi connectivity index (χ1) is 9.25. The number of anilines is 2. The van der Waals surface area contributed by atoms with Crippen LogP contribution in [0.5, 0.6) is 0 Å². The molecule has 1 fully saturated rings. The lowest BCUT2D eigenvalue weighted by atomic mass is 10.1. The van der Waals surface area contributed by atoms with Crippen LogP contribution in [-0.2, 0) is 6.54 Å². The van der Waals surface area contributed by atoms with Crippen molar-refractivity contribution in [3.8, 4) is 0 Å². The zero-order valence-electron chi connectivity index (χ0n) is 11.2. The van der Waals surface area contributed by atoms with E-state index in [2.05, 4.69) is 35.0 Å². The van der Waals surface area contributed by atoms with Crippen LogP contribution in [0.3, 0.4) is 0 Å². The second-order valence-corrected chi connectivity index (χ2v) is 5.22. The Morgan fingerprint density at radius 1 is 1.26 bits per heavy atom. The van der Waals surface area contributed by atoms with Crippen molar-refractivity contribution in [1.29, 1.82) is 0 Å². The van der Waals surface area contributed by atoms with E-state index in [0.29, 0.717) is 6.04 Å². The van der Waals surface area contributed by atoms with Crippen molar-refractivity contribution in [1.82, 2.24) is 4.98 Å². The Morgan fingerprint density at radius 3 is 2.74 bits per heavy atom. The van der Waals surface area contributed by atoms with Gasteiger partial charge in [0, 0.05) is 36.4 Å². The zero-order chi connectivity index (χ0) is 13.2. The summed E-state index contributed by atoms with van der Waals surface area (Å²) in [6.45, 7) is 2.99. The predicted octanol–water partition coefficient (Wildman–Crippen LogP) is 3.14. The summed E-state index contributed by atoms with van der Waals surface area (Å²) < 4.78 is 0. The van der Waals surface area contributed by atoms with Gasteiger partial charge >= 0.3 is 0 Å². The van der Waals surface area contributed by atoms with E-state index in [4.69, 9.17) is 5.73 Å². The molecule has 1 saturated carbocycles. The number of benzene rings is 1. The van der Waals surface area contributed by atoms with Gasteiger partial charge in [-0.25, -0.2) is 0 Å². The van der Waals surface area contributed by atoms with Gasteiger partial charge in [0.15, 0.2) is 0 Å². The van der Waals surface area contributed by atoms with Gasteiger partial charge in [-0.3, -0.25) is 4.98 Å². The number of aromatic nitrogens is 1. The third kappa shape index (κ3) is 2.55. The summed E-state index contributed by atoms with van der Waals surface area (Å²) in [5.41, 5.74) is 10.6. The molecule has 1 aliphatic carbocycles. The zero-order valence-corrected chi connectivity index (χ0v) is 11.2. The quantitative estimate of drug-likeness (QED) is 0.851. The van der Waals surface area contributed by atoms with Crippen LogP contribution in [0.4, 0.5) is 11.4 Å². The van der Waals surface area contributed by atoms with E-state index >= 15 is 0 Å². The first-order valence-electron chi connectivity index (χ1n) is 6.76. The molecule has 98 valence electrons. The van der Waals surface area contributed by atoms with Crippen LogP contribution in [0, 0.1) is 6.92 Å². The van der Waals surface area contributed by atoms with Gasteiger partial charge in [-0.05, 0) is 43.0 Å². The van der Waals surface area contributed by atoms with Gasteiger partial charge in [-0.2, -0.15) is 0 Å². The molecule has 0 spiro atoms. The predicted molar refractivity (Wildman–Crippen MR) is 79.0 cm³/mol. The van der Waals surface area contributed by atoms with Crippen LogP contribution in [0.25, 0.3) is 0 Å². The Bertz CT molecular complexity index is 576. The van der Waals surface area contributed by atoms with E-state index in [1.54, 1.807) is 0 Å². The molecule has 0 aliphatic heterocycles. The molecule has 3 nitrogen and oxygen atoms in total. The highest BCUT2D eigenvalue weighted by molar-refractivity contribution is 5.56. The van der Waals surface area contributed by atoms with Gasteiger partial charge in [0.05, 0.1) is 0 Å². The number of rotatable bonds is 4. The molecule has 0 bridgehead atoms. The van der Waals surface area contributed by atoms with Crippen LogP contribution in [-0.4, -0.2) is 11.0 Å². The standard InChI is InChI=1S/C16H19N3/c1-12-10-18-9-8-16(12)19(14-6-7-14)11-13-4-2-3-5-15(13)17/h2-5,8-10,14H,6-7,11,17H2,1H3. The number of nitrogens with two attached hydrogens (primary N) is 1. The van der Waals surface area contributed by atoms with Crippen LogP contribution < -0.4 is 10.6 Å². The fourth-order valence-corrected chi connectivity index (χ4v) is 2.45. The van der Waals surface area contributed by atoms with E-state index in [1.165, 1.54) is 29.7 Å². The molecular weight excluding hydrogens is 234 g/mol. The van der Waals surface area contributed by atoms with Crippen molar-refractivity contribution in [2.45, 2.75) is 32.4 Å². The fourth-order valence-electron chi connectivity index (χ4n) is 2.45. The second kappa shape index (κ2) is 4.92. The largest absolute Gasteiger partial charge is 0.398 e. The Hall–Kier alpha value is -2.03. The molecule has 2 aromatic rings. The van der Waals surface area contributed by atoms with Gasteiger partial charge in [0.1, 0.15) is 0 Å². The van der Waals surface area contributed by atoms with Gasteiger partial charge < -0.3 is 10.6 Å². The number of para-hydroxylation sites is 1. The van der Waals surface area contributed by atoms with E-state index in [9.17, 15) is 0 Å². The van der Waals surface area contributed by atoms with E-state index < -0.39 is 0 Å². The first-order valence-corrected chi connectivity index (χ1v) is 6.76. The highest BCUT2D eigenvalue weighted by Crippen LogP contribution is 2.35. The van der Waals surface area contributed by atoms with Crippen molar-refractivity contribution in [3.05, 3.63) is 53.9 Å². The summed E-state index contributed by atoms with van der Waals surface area (Å²) in [4.78, 5) is 6.64. The Labute approximate surface area is 114 Å². The van der Waals surface area contributed by atoms with Crippen molar-refractivity contribution in [2.24, 2.45) is 0 Å². The lowest BCUT2D eigenvalue weighted by Crippen LogP contribution is -2.26. The smallest absolute Gasteiger partial charge is 0.0453 e. The van der Waals surface area contributed by atoms with Gasteiger partial charge in [0.25, 0.3) is 0 Å². The number of nitrogens with zero attached hydrogens (tertiary/aromatic N) is 2. The van der Waals surface area contributed by atoms with Gasteiger partial charge in [-0.1, -0.05) is 18.2 Å². The van der Waals surface area contributed by atoms with Gasteiger partial charge in [0.2, 0.25) is 0 Å². The number of aryl methyl sites for hydroxylation is 1. The third-order valence-electron chi connectivity index (χ3n) is 3.68. The minimum absolute atomic E-state index is 0.653. The first kappa shape index (κ1) is 12.0. The van der Waals surface area contributed by atoms with Crippen LogP contribution in [0.15, 0.2) is 42.7 Å². The molecule has 0 radical (unpaired) electrons.